The number of ether oxygens (including phenoxy) is 1. The summed E-state index contributed by atoms with van der Waals surface area (Å²) in [6.45, 7) is 3.70. The summed E-state index contributed by atoms with van der Waals surface area (Å²) >= 11 is 1.32. The Balaban J connectivity index is 1.66. The second-order valence-electron chi connectivity index (χ2n) is 7.82. The van der Waals surface area contributed by atoms with Crippen molar-refractivity contribution in [2.24, 2.45) is 5.92 Å². The smallest absolute Gasteiger partial charge is 0.266 e. The SMILES string of the molecule is CCCN(CC1CC1)C(=O)CSc1nc2ccccc2c(=O)n1-c1ccc(OC)cc1. The van der Waals surface area contributed by atoms with Crippen molar-refractivity contribution >= 4 is 28.6 Å². The number of thioether (sulfide) groups is 1. The molecule has 0 bridgehead atoms. The molecule has 0 unspecified atom stereocenters. The van der Waals surface area contributed by atoms with E-state index in [-0.39, 0.29) is 17.2 Å². The second-order valence-corrected chi connectivity index (χ2v) is 8.76. The first-order chi connectivity index (χ1) is 15.1. The predicted octanol–water partition coefficient (Wildman–Crippen LogP) is 4.14. The fourth-order valence-electron chi connectivity index (χ4n) is 3.59. The number of rotatable bonds is 9. The molecule has 0 atom stereocenters. The lowest BCUT2D eigenvalue weighted by Crippen LogP contribution is -2.35. The first-order valence-electron chi connectivity index (χ1n) is 10.7. The maximum atomic E-state index is 13.3. The number of carbonyl (C=O) groups is 1. The summed E-state index contributed by atoms with van der Waals surface area (Å²) in [5.41, 5.74) is 1.19. The average Bonchev–Trinajstić information content (AvgIpc) is 3.61. The van der Waals surface area contributed by atoms with Gasteiger partial charge >= 0.3 is 0 Å². The lowest BCUT2D eigenvalue weighted by molar-refractivity contribution is -0.128. The first kappa shape index (κ1) is 21.4. The highest BCUT2D eigenvalue weighted by atomic mass is 32.2. The third kappa shape index (κ3) is 4.93. The molecule has 1 amide bonds. The minimum absolute atomic E-state index is 0.0995. The van der Waals surface area contributed by atoms with Crippen molar-refractivity contribution in [2.75, 3.05) is 26.0 Å². The maximum absolute atomic E-state index is 13.3. The Kier molecular flexibility index (Phi) is 6.61. The van der Waals surface area contributed by atoms with Gasteiger partial charge in [0.05, 0.1) is 29.5 Å². The molecule has 0 aliphatic heterocycles. The molecule has 31 heavy (non-hydrogen) atoms. The van der Waals surface area contributed by atoms with Crippen LogP contribution in [0.25, 0.3) is 16.6 Å². The summed E-state index contributed by atoms with van der Waals surface area (Å²) in [5.74, 6) is 1.72. The van der Waals surface area contributed by atoms with Crippen molar-refractivity contribution in [3.05, 3.63) is 58.9 Å². The third-order valence-corrected chi connectivity index (χ3v) is 6.35. The van der Waals surface area contributed by atoms with Gasteiger partial charge < -0.3 is 9.64 Å². The number of hydrogen-bond donors (Lipinski definition) is 0. The van der Waals surface area contributed by atoms with Crippen molar-refractivity contribution in [2.45, 2.75) is 31.3 Å². The number of para-hydroxylation sites is 1. The van der Waals surface area contributed by atoms with E-state index in [9.17, 15) is 9.59 Å². The van der Waals surface area contributed by atoms with Gasteiger partial charge in [0.1, 0.15) is 5.75 Å². The average molecular weight is 438 g/mol. The van der Waals surface area contributed by atoms with Gasteiger partial charge in [-0.3, -0.25) is 14.2 Å². The number of hydrogen-bond acceptors (Lipinski definition) is 5. The molecule has 0 N–H and O–H groups in total. The number of aromatic nitrogens is 2. The molecular formula is C24H27N3O3S. The number of nitrogens with zero attached hydrogens (tertiary/aromatic N) is 3. The Hall–Kier alpha value is -2.80. The van der Waals surface area contributed by atoms with Crippen molar-refractivity contribution in [1.29, 1.82) is 0 Å². The summed E-state index contributed by atoms with van der Waals surface area (Å²) in [6.07, 6.45) is 3.36. The molecule has 1 aromatic heterocycles. The Labute approximate surface area is 186 Å². The lowest BCUT2D eigenvalue weighted by Gasteiger charge is -2.22. The van der Waals surface area contributed by atoms with E-state index in [2.05, 4.69) is 6.92 Å². The minimum atomic E-state index is -0.144. The highest BCUT2D eigenvalue weighted by molar-refractivity contribution is 7.99. The van der Waals surface area contributed by atoms with E-state index >= 15 is 0 Å². The van der Waals surface area contributed by atoms with Crippen LogP contribution >= 0.6 is 11.8 Å². The molecule has 7 heteroatoms. The molecule has 1 aliphatic carbocycles. The summed E-state index contributed by atoms with van der Waals surface area (Å²) in [5, 5.41) is 1.07. The summed E-state index contributed by atoms with van der Waals surface area (Å²) in [7, 11) is 1.61. The molecular weight excluding hydrogens is 410 g/mol. The van der Waals surface area contributed by atoms with E-state index in [0.717, 1.165) is 19.5 Å². The van der Waals surface area contributed by atoms with Gasteiger partial charge in [-0.2, -0.15) is 0 Å². The van der Waals surface area contributed by atoms with Gasteiger partial charge in [0, 0.05) is 13.1 Å². The van der Waals surface area contributed by atoms with Crippen LogP contribution in [0.1, 0.15) is 26.2 Å². The molecule has 0 radical (unpaired) electrons. The zero-order valence-electron chi connectivity index (χ0n) is 17.9. The molecule has 1 fully saturated rings. The highest BCUT2D eigenvalue weighted by Crippen LogP contribution is 2.30. The van der Waals surface area contributed by atoms with Crippen LogP contribution in [0.3, 0.4) is 0 Å². The molecule has 0 spiro atoms. The zero-order chi connectivity index (χ0) is 21.8. The predicted molar refractivity (Wildman–Crippen MR) is 124 cm³/mol. The molecule has 1 saturated carbocycles. The number of amides is 1. The third-order valence-electron chi connectivity index (χ3n) is 5.42. The minimum Gasteiger partial charge on any atom is -0.497 e. The molecule has 162 valence electrons. The van der Waals surface area contributed by atoms with Gasteiger partial charge in [-0.1, -0.05) is 30.8 Å². The first-order valence-corrected chi connectivity index (χ1v) is 11.7. The Morgan fingerprint density at radius 3 is 2.61 bits per heavy atom. The Morgan fingerprint density at radius 2 is 1.94 bits per heavy atom. The molecule has 1 heterocycles. The molecule has 0 saturated heterocycles. The van der Waals surface area contributed by atoms with E-state index in [1.165, 1.54) is 24.6 Å². The van der Waals surface area contributed by atoms with E-state index in [1.54, 1.807) is 17.7 Å². The number of carbonyl (C=O) groups excluding carboxylic acids is 1. The largest absolute Gasteiger partial charge is 0.497 e. The van der Waals surface area contributed by atoms with Crippen molar-refractivity contribution in [3.8, 4) is 11.4 Å². The number of benzene rings is 2. The van der Waals surface area contributed by atoms with E-state index in [1.807, 2.05) is 47.4 Å². The van der Waals surface area contributed by atoms with E-state index in [0.29, 0.717) is 33.4 Å². The maximum Gasteiger partial charge on any atom is 0.266 e. The molecule has 3 aromatic rings. The van der Waals surface area contributed by atoms with Gasteiger partial charge in [-0.25, -0.2) is 4.98 Å². The van der Waals surface area contributed by atoms with Gasteiger partial charge in [-0.15, -0.1) is 0 Å². The Bertz CT molecular complexity index is 1120. The number of fused-ring (bicyclic) bond motifs is 1. The van der Waals surface area contributed by atoms with Crippen molar-refractivity contribution < 1.29 is 9.53 Å². The highest BCUT2D eigenvalue weighted by Gasteiger charge is 2.26. The summed E-state index contributed by atoms with van der Waals surface area (Å²) in [4.78, 5) is 32.9. The van der Waals surface area contributed by atoms with Crippen LogP contribution < -0.4 is 10.3 Å². The van der Waals surface area contributed by atoms with E-state index in [4.69, 9.17) is 9.72 Å². The topological polar surface area (TPSA) is 64.4 Å². The van der Waals surface area contributed by atoms with Gasteiger partial charge in [0.15, 0.2) is 5.16 Å². The molecule has 6 nitrogen and oxygen atoms in total. The van der Waals surface area contributed by atoms with Gasteiger partial charge in [0.2, 0.25) is 5.91 Å². The standard InChI is InChI=1S/C24H27N3O3S/c1-3-14-26(15-17-8-9-17)22(28)16-31-24-25-21-7-5-4-6-20(21)23(29)27(24)18-10-12-19(30-2)13-11-18/h4-7,10-13,17H,3,8-9,14-16H2,1-2H3. The fourth-order valence-corrected chi connectivity index (χ4v) is 4.50. The normalized spacial score (nSPS) is 13.4. The van der Waals surface area contributed by atoms with Crippen LogP contribution in [-0.4, -0.2) is 46.3 Å². The monoisotopic (exact) mass is 437 g/mol. The Morgan fingerprint density at radius 1 is 1.19 bits per heavy atom. The summed E-state index contributed by atoms with van der Waals surface area (Å²) in [6, 6.07) is 14.6. The molecule has 4 rings (SSSR count). The van der Waals surface area contributed by atoms with Crippen molar-refractivity contribution in [3.63, 3.8) is 0 Å². The fraction of sp³-hybridized carbons (Fsp3) is 0.375. The van der Waals surface area contributed by atoms with Gasteiger partial charge in [-0.05, 0) is 61.6 Å². The van der Waals surface area contributed by atoms with Crippen LogP contribution in [0.2, 0.25) is 0 Å². The van der Waals surface area contributed by atoms with Crippen LogP contribution in [0.15, 0.2) is 58.5 Å². The second kappa shape index (κ2) is 9.56. The van der Waals surface area contributed by atoms with E-state index < -0.39 is 0 Å². The molecule has 2 aromatic carbocycles. The zero-order valence-corrected chi connectivity index (χ0v) is 18.7. The molecule has 1 aliphatic rings. The lowest BCUT2D eigenvalue weighted by atomic mass is 10.2. The van der Waals surface area contributed by atoms with Gasteiger partial charge in [0.25, 0.3) is 5.56 Å². The summed E-state index contributed by atoms with van der Waals surface area (Å²) < 4.78 is 6.83. The number of methoxy groups -OCH3 is 1. The quantitative estimate of drug-likeness (QED) is 0.372. The van der Waals surface area contributed by atoms with Crippen LogP contribution in [-0.2, 0) is 4.79 Å². The van der Waals surface area contributed by atoms with Crippen LogP contribution in [0.4, 0.5) is 0 Å². The van der Waals surface area contributed by atoms with Crippen molar-refractivity contribution in [1.82, 2.24) is 14.5 Å². The van der Waals surface area contributed by atoms with Crippen LogP contribution in [0.5, 0.6) is 5.75 Å². The van der Waals surface area contributed by atoms with Crippen LogP contribution in [0, 0.1) is 5.92 Å².